The molecule has 3 heteroatoms. The summed E-state index contributed by atoms with van der Waals surface area (Å²) in [6, 6.07) is 20.9. The van der Waals surface area contributed by atoms with Gasteiger partial charge < -0.3 is 9.73 Å². The minimum Gasteiger partial charge on any atom is -0.461 e. The largest absolute Gasteiger partial charge is 0.461 e. The predicted octanol–water partition coefficient (Wildman–Crippen LogP) is 9.16. The van der Waals surface area contributed by atoms with E-state index in [1.54, 1.807) is 0 Å². The summed E-state index contributed by atoms with van der Waals surface area (Å²) in [5, 5.41) is 3.96. The van der Waals surface area contributed by atoms with Gasteiger partial charge in [0.05, 0.1) is 0 Å². The first-order valence-corrected chi connectivity index (χ1v) is 13.7. The monoisotopic (exact) mass is 493 g/mol. The normalized spacial score (nSPS) is 24.4. The fourth-order valence-electron chi connectivity index (χ4n) is 6.74. The summed E-state index contributed by atoms with van der Waals surface area (Å²) in [5.41, 5.74) is 6.93. The number of unbranched alkanes of at least 4 members (excludes halogenated alkanes) is 1. The van der Waals surface area contributed by atoms with Crippen LogP contribution in [-0.2, 0) is 0 Å². The quantitative estimate of drug-likeness (QED) is 0.263. The van der Waals surface area contributed by atoms with Crippen LogP contribution in [0.2, 0.25) is 0 Å². The van der Waals surface area contributed by atoms with Crippen molar-refractivity contribution in [2.45, 2.75) is 70.8 Å². The Balaban J connectivity index is 1.65. The van der Waals surface area contributed by atoms with Crippen molar-refractivity contribution in [2.75, 3.05) is 5.32 Å². The van der Waals surface area contributed by atoms with E-state index in [1.165, 1.54) is 22.4 Å². The summed E-state index contributed by atoms with van der Waals surface area (Å²) in [7, 11) is 0. The van der Waals surface area contributed by atoms with Crippen LogP contribution in [0.25, 0.3) is 11.3 Å². The highest BCUT2D eigenvalue weighted by atomic mass is 16.3. The topological polar surface area (TPSA) is 42.2 Å². The van der Waals surface area contributed by atoms with Crippen LogP contribution in [-0.4, -0.2) is 12.3 Å². The zero-order valence-electron chi connectivity index (χ0n) is 22.4. The highest BCUT2D eigenvalue weighted by molar-refractivity contribution is 5.76. The molecule has 0 bridgehead atoms. The average molecular weight is 494 g/mol. The molecule has 2 aromatic carbocycles. The Morgan fingerprint density at radius 3 is 2.57 bits per heavy atom. The number of carbonyl (C=O) groups excluding carboxylic acids is 1. The Bertz CT molecular complexity index is 1300. The molecule has 1 aromatic heterocycles. The molecule has 0 saturated heterocycles. The molecular weight excluding hydrogens is 454 g/mol. The number of allylic oxidation sites excluding steroid dienone is 1. The zero-order chi connectivity index (χ0) is 26.2. The highest BCUT2D eigenvalue weighted by Crippen LogP contribution is 2.56. The molecule has 2 aliphatic rings. The van der Waals surface area contributed by atoms with Crippen molar-refractivity contribution in [3.05, 3.63) is 102 Å². The molecule has 0 spiro atoms. The van der Waals surface area contributed by atoms with E-state index in [1.807, 2.05) is 24.3 Å². The van der Waals surface area contributed by atoms with E-state index in [9.17, 15) is 4.79 Å². The molecule has 192 valence electrons. The van der Waals surface area contributed by atoms with E-state index < -0.39 is 0 Å². The Kier molecular flexibility index (Phi) is 6.98. The molecule has 4 atom stereocenters. The molecule has 3 nitrogen and oxygen atoms in total. The van der Waals surface area contributed by atoms with E-state index in [4.69, 9.17) is 4.42 Å². The zero-order valence-corrected chi connectivity index (χ0v) is 22.4. The van der Waals surface area contributed by atoms with Gasteiger partial charge in [0.1, 0.15) is 17.8 Å². The van der Waals surface area contributed by atoms with Crippen LogP contribution in [0.1, 0.15) is 86.4 Å². The van der Waals surface area contributed by atoms with Crippen molar-refractivity contribution in [3.8, 4) is 11.3 Å². The molecule has 2 heterocycles. The Morgan fingerprint density at radius 1 is 1.08 bits per heavy atom. The van der Waals surface area contributed by atoms with E-state index in [-0.39, 0.29) is 29.2 Å². The van der Waals surface area contributed by atoms with Gasteiger partial charge in [0.2, 0.25) is 0 Å². The number of furan rings is 1. The lowest BCUT2D eigenvalue weighted by molar-refractivity contribution is 0.112. The molecule has 3 aromatic rings. The van der Waals surface area contributed by atoms with Gasteiger partial charge >= 0.3 is 0 Å². The number of hydrogen-bond donors (Lipinski definition) is 1. The lowest BCUT2D eigenvalue weighted by Crippen LogP contribution is -2.42. The van der Waals surface area contributed by atoms with Gasteiger partial charge in [0, 0.05) is 40.6 Å². The number of nitrogens with one attached hydrogen (secondary N) is 1. The van der Waals surface area contributed by atoms with Gasteiger partial charge in [-0.15, -0.1) is 0 Å². The smallest absolute Gasteiger partial charge is 0.150 e. The maximum absolute atomic E-state index is 11.1. The molecular formula is C34H39NO2. The predicted molar refractivity (Wildman–Crippen MR) is 153 cm³/mol. The van der Waals surface area contributed by atoms with Gasteiger partial charge in [-0.05, 0) is 54.9 Å². The van der Waals surface area contributed by atoms with Crippen LogP contribution in [0.3, 0.4) is 0 Å². The Labute approximate surface area is 221 Å². The molecule has 5 rings (SSSR count). The minimum absolute atomic E-state index is 0.108. The second-order valence-corrected chi connectivity index (χ2v) is 11.8. The molecule has 0 amide bonds. The first-order chi connectivity index (χ1) is 17.8. The molecule has 1 saturated carbocycles. The number of carbonyl (C=O) groups is 1. The maximum atomic E-state index is 11.1. The van der Waals surface area contributed by atoms with Gasteiger partial charge in [-0.1, -0.05) is 94.0 Å². The molecule has 1 N–H and O–H groups in total. The van der Waals surface area contributed by atoms with Gasteiger partial charge in [-0.3, -0.25) is 4.79 Å². The fraction of sp³-hybridized carbons (Fsp3) is 0.382. The van der Waals surface area contributed by atoms with Crippen molar-refractivity contribution < 1.29 is 9.21 Å². The molecule has 1 aliphatic carbocycles. The SMILES string of the molecule is C=C(CCCC)C1c2ccccc2NC2CC(C)(C)CC(=C)C2C1c1ccc(-c2ccc(C=O)cc2)o1. The number of fused-ring (bicyclic) bond motifs is 2. The van der Waals surface area contributed by atoms with Crippen LogP contribution in [0.4, 0.5) is 5.69 Å². The van der Waals surface area contributed by atoms with E-state index >= 15 is 0 Å². The standard InChI is InChI=1S/C34H39NO2/c1-6-7-10-22(2)31-26-11-8-9-12-27(26)35-28-20-34(4,5)19-23(3)32(28)33(31)30-18-17-29(37-30)25-15-13-24(21-36)14-16-25/h8-9,11-18,21,28,31-33,35H,2-3,6-7,10,19-20H2,1,4-5H3. The molecule has 1 aliphatic heterocycles. The van der Waals surface area contributed by atoms with Gasteiger partial charge in [-0.25, -0.2) is 0 Å². The number of rotatable bonds is 7. The number of benzene rings is 2. The highest BCUT2D eigenvalue weighted by Gasteiger charge is 2.48. The molecule has 0 radical (unpaired) electrons. The van der Waals surface area contributed by atoms with E-state index in [0.717, 1.165) is 55.5 Å². The first-order valence-electron chi connectivity index (χ1n) is 13.7. The summed E-state index contributed by atoms with van der Waals surface area (Å²) in [6.07, 6.45) is 6.24. The van der Waals surface area contributed by atoms with E-state index in [2.05, 4.69) is 75.6 Å². The molecule has 37 heavy (non-hydrogen) atoms. The van der Waals surface area contributed by atoms with Crippen molar-refractivity contribution >= 4 is 12.0 Å². The van der Waals surface area contributed by atoms with Crippen molar-refractivity contribution in [1.82, 2.24) is 0 Å². The number of aldehydes is 1. The second-order valence-electron chi connectivity index (χ2n) is 11.8. The van der Waals surface area contributed by atoms with E-state index in [0.29, 0.717) is 5.56 Å². The number of para-hydroxylation sites is 1. The third-order valence-corrected chi connectivity index (χ3v) is 8.34. The third kappa shape index (κ3) is 4.97. The second kappa shape index (κ2) is 10.2. The summed E-state index contributed by atoms with van der Waals surface area (Å²) in [5.74, 6) is 2.30. The van der Waals surface area contributed by atoms with Crippen molar-refractivity contribution in [1.29, 1.82) is 0 Å². The Hall–Kier alpha value is -3.33. The van der Waals surface area contributed by atoms with Crippen LogP contribution in [0, 0.1) is 11.3 Å². The van der Waals surface area contributed by atoms with Gasteiger partial charge in [-0.2, -0.15) is 0 Å². The Morgan fingerprint density at radius 2 is 1.84 bits per heavy atom. The summed E-state index contributed by atoms with van der Waals surface area (Å²) in [4.78, 5) is 11.1. The molecule has 4 unspecified atom stereocenters. The number of anilines is 1. The lowest BCUT2D eigenvalue weighted by atomic mass is 9.61. The summed E-state index contributed by atoms with van der Waals surface area (Å²) in [6.45, 7) is 16.3. The summed E-state index contributed by atoms with van der Waals surface area (Å²) >= 11 is 0. The summed E-state index contributed by atoms with van der Waals surface area (Å²) < 4.78 is 6.69. The van der Waals surface area contributed by atoms with Crippen molar-refractivity contribution in [3.63, 3.8) is 0 Å². The fourth-order valence-corrected chi connectivity index (χ4v) is 6.74. The third-order valence-electron chi connectivity index (χ3n) is 8.34. The van der Waals surface area contributed by atoms with Crippen LogP contribution in [0.5, 0.6) is 0 Å². The first kappa shape index (κ1) is 25.3. The van der Waals surface area contributed by atoms with Crippen molar-refractivity contribution in [2.24, 2.45) is 11.3 Å². The lowest BCUT2D eigenvalue weighted by Gasteiger charge is -2.45. The number of hydrogen-bond acceptors (Lipinski definition) is 3. The van der Waals surface area contributed by atoms with Gasteiger partial charge in [0.25, 0.3) is 0 Å². The van der Waals surface area contributed by atoms with Crippen LogP contribution in [0.15, 0.2) is 89.4 Å². The van der Waals surface area contributed by atoms with Crippen LogP contribution >= 0.6 is 0 Å². The van der Waals surface area contributed by atoms with Crippen LogP contribution < -0.4 is 5.32 Å². The van der Waals surface area contributed by atoms with Gasteiger partial charge in [0.15, 0.2) is 0 Å². The molecule has 1 fully saturated rings. The maximum Gasteiger partial charge on any atom is 0.150 e. The minimum atomic E-state index is 0.108. The average Bonchev–Trinajstić information content (AvgIpc) is 3.31.